The van der Waals surface area contributed by atoms with E-state index in [1.807, 2.05) is 6.08 Å². The smallest absolute Gasteiger partial charge is 0.310 e. The lowest BCUT2D eigenvalue weighted by Crippen LogP contribution is -2.51. The van der Waals surface area contributed by atoms with Gasteiger partial charge in [0, 0.05) is 11.8 Å². The summed E-state index contributed by atoms with van der Waals surface area (Å²) in [5.74, 6) is 5.02. The molecule has 2 fully saturated rings. The molecule has 1 N–H and O–H groups in total. The highest BCUT2D eigenvalue weighted by Crippen LogP contribution is 2.67. The topological polar surface area (TPSA) is 46.5 Å². The fraction of sp³-hybridized carbons (Fsp3) is 0.853. The van der Waals surface area contributed by atoms with Crippen molar-refractivity contribution >= 4 is 5.97 Å². The maximum Gasteiger partial charge on any atom is 0.310 e. The van der Waals surface area contributed by atoms with Crippen LogP contribution in [0.3, 0.4) is 0 Å². The second-order valence-corrected chi connectivity index (χ2v) is 14.2. The molecule has 0 heterocycles. The predicted molar refractivity (Wildman–Crippen MR) is 153 cm³/mol. The third-order valence-corrected chi connectivity index (χ3v) is 11.4. The van der Waals surface area contributed by atoms with Crippen molar-refractivity contribution in [3.8, 4) is 0 Å². The average Bonchev–Trinajstić information content (AvgIpc) is 3.20. The second kappa shape index (κ2) is 12.0. The molecule has 0 radical (unpaired) electrons. The van der Waals surface area contributed by atoms with E-state index in [4.69, 9.17) is 4.74 Å². The fourth-order valence-electron chi connectivity index (χ4n) is 9.36. The van der Waals surface area contributed by atoms with Crippen LogP contribution in [0.5, 0.6) is 0 Å². The standard InChI is InChI=1S/C34H56O3/c1-7-8-9-10-14-32(36)37-31-22-26(35)21-25-15-16-27-29-18-17-28(24(4)13-11-12-23(2)3)33(29,5)20-19-30(27)34(25,31)6/h15,22-24,26-30,35H,7-14,16-21H2,1-6H3/t24-,26+,27+,28-,29+,30+,33-,34+/m1/s1. The molecule has 4 rings (SSSR count). The molecule has 0 spiro atoms. The van der Waals surface area contributed by atoms with Crippen molar-refractivity contribution < 1.29 is 14.6 Å². The van der Waals surface area contributed by atoms with Gasteiger partial charge in [-0.05, 0) is 98.9 Å². The van der Waals surface area contributed by atoms with E-state index in [9.17, 15) is 9.90 Å². The SMILES string of the molecule is CCCCCCC(=O)OC1=C[C@@H](O)CC2=CC[C@@H]3[C@H](CC[C@]4(C)[C@@H]([C@H](C)CCCC(C)C)CC[C@@H]34)[C@]21C. The monoisotopic (exact) mass is 512 g/mol. The number of carbonyl (C=O) groups is 1. The molecule has 8 atom stereocenters. The molecule has 4 aliphatic carbocycles. The van der Waals surface area contributed by atoms with E-state index >= 15 is 0 Å². The number of hydrogen-bond acceptors (Lipinski definition) is 3. The summed E-state index contributed by atoms with van der Waals surface area (Å²) < 4.78 is 6.14. The summed E-state index contributed by atoms with van der Waals surface area (Å²) in [4.78, 5) is 12.9. The van der Waals surface area contributed by atoms with Gasteiger partial charge in [0.2, 0.25) is 0 Å². The second-order valence-electron chi connectivity index (χ2n) is 14.2. The van der Waals surface area contributed by atoms with Crippen LogP contribution >= 0.6 is 0 Å². The van der Waals surface area contributed by atoms with E-state index in [1.165, 1.54) is 63.4 Å². The summed E-state index contributed by atoms with van der Waals surface area (Å²) in [5.41, 5.74) is 1.51. The largest absolute Gasteiger partial charge is 0.430 e. The van der Waals surface area contributed by atoms with Gasteiger partial charge in [-0.15, -0.1) is 0 Å². The normalized spacial score (nSPS) is 37.8. The van der Waals surface area contributed by atoms with Gasteiger partial charge < -0.3 is 9.84 Å². The number of esters is 1. The number of rotatable bonds is 11. The van der Waals surface area contributed by atoms with Gasteiger partial charge in [0.1, 0.15) is 5.76 Å². The summed E-state index contributed by atoms with van der Waals surface area (Å²) in [6, 6.07) is 0. The molecule has 0 unspecified atom stereocenters. The van der Waals surface area contributed by atoms with Crippen molar-refractivity contribution in [2.45, 2.75) is 138 Å². The minimum absolute atomic E-state index is 0.115. The van der Waals surface area contributed by atoms with Crippen LogP contribution in [0.4, 0.5) is 0 Å². The molecule has 0 amide bonds. The third-order valence-electron chi connectivity index (χ3n) is 11.4. The Morgan fingerprint density at radius 3 is 2.57 bits per heavy atom. The van der Waals surface area contributed by atoms with Gasteiger partial charge >= 0.3 is 5.97 Å². The molecular formula is C34H56O3. The lowest BCUT2D eigenvalue weighted by atomic mass is 9.47. The zero-order valence-corrected chi connectivity index (χ0v) is 24.9. The molecule has 0 aromatic rings. The maximum absolute atomic E-state index is 12.9. The van der Waals surface area contributed by atoms with Gasteiger partial charge in [-0.1, -0.05) is 84.8 Å². The van der Waals surface area contributed by atoms with Gasteiger partial charge in [0.15, 0.2) is 0 Å². The zero-order chi connectivity index (χ0) is 26.8. The van der Waals surface area contributed by atoms with E-state index in [1.54, 1.807) is 0 Å². The number of aliphatic hydroxyl groups excluding tert-OH is 1. The highest BCUT2D eigenvalue weighted by atomic mass is 16.5. The maximum atomic E-state index is 12.9. The first-order valence-corrected chi connectivity index (χ1v) is 15.9. The number of aliphatic hydroxyl groups is 1. The van der Waals surface area contributed by atoms with Crippen LogP contribution in [0.15, 0.2) is 23.5 Å². The van der Waals surface area contributed by atoms with Crippen LogP contribution in [-0.4, -0.2) is 17.2 Å². The van der Waals surface area contributed by atoms with E-state index in [0.29, 0.717) is 30.1 Å². The zero-order valence-electron chi connectivity index (χ0n) is 24.9. The summed E-state index contributed by atoms with van der Waals surface area (Å²) in [5, 5.41) is 10.7. The molecule has 37 heavy (non-hydrogen) atoms. The minimum Gasteiger partial charge on any atom is -0.430 e. The van der Waals surface area contributed by atoms with Crippen LogP contribution in [0.2, 0.25) is 0 Å². The first kappa shape index (κ1) is 28.9. The van der Waals surface area contributed by atoms with Crippen LogP contribution in [0.1, 0.15) is 131 Å². The minimum atomic E-state index is -0.546. The van der Waals surface area contributed by atoms with Crippen LogP contribution in [0.25, 0.3) is 0 Å². The Morgan fingerprint density at radius 1 is 1.05 bits per heavy atom. The van der Waals surface area contributed by atoms with E-state index in [2.05, 4.69) is 47.6 Å². The Labute approximate surface area is 227 Å². The quantitative estimate of drug-likeness (QED) is 0.171. The summed E-state index contributed by atoms with van der Waals surface area (Å²) >= 11 is 0. The van der Waals surface area contributed by atoms with Crippen molar-refractivity contribution in [1.29, 1.82) is 0 Å². The Balaban J connectivity index is 1.50. The molecule has 0 bridgehead atoms. The van der Waals surface area contributed by atoms with E-state index in [0.717, 1.165) is 48.7 Å². The Morgan fingerprint density at radius 2 is 1.84 bits per heavy atom. The van der Waals surface area contributed by atoms with Crippen molar-refractivity contribution in [3.05, 3.63) is 23.5 Å². The fourth-order valence-corrected chi connectivity index (χ4v) is 9.36. The number of hydrogen-bond donors (Lipinski definition) is 1. The van der Waals surface area contributed by atoms with Crippen LogP contribution in [-0.2, 0) is 9.53 Å². The molecule has 0 aromatic carbocycles. The van der Waals surface area contributed by atoms with E-state index in [-0.39, 0.29) is 11.4 Å². The average molecular weight is 513 g/mol. The summed E-state index contributed by atoms with van der Waals surface area (Å²) in [7, 11) is 0. The highest BCUT2D eigenvalue weighted by Gasteiger charge is 2.60. The van der Waals surface area contributed by atoms with Crippen molar-refractivity contribution in [2.24, 2.45) is 46.3 Å². The Bertz CT molecular complexity index is 855. The predicted octanol–water partition coefficient (Wildman–Crippen LogP) is 9.01. The number of ether oxygens (including phenoxy) is 1. The molecule has 3 heteroatoms. The number of fused-ring (bicyclic) bond motifs is 5. The van der Waals surface area contributed by atoms with Gasteiger partial charge in [-0.3, -0.25) is 4.79 Å². The Hall–Kier alpha value is -1.09. The lowest BCUT2D eigenvalue weighted by molar-refractivity contribution is -0.143. The summed E-state index contributed by atoms with van der Waals surface area (Å²) in [6.45, 7) is 14.4. The van der Waals surface area contributed by atoms with Gasteiger partial charge in [-0.25, -0.2) is 0 Å². The first-order chi connectivity index (χ1) is 17.6. The number of allylic oxidation sites excluding steroid dienone is 2. The van der Waals surface area contributed by atoms with E-state index < -0.39 is 6.10 Å². The molecule has 210 valence electrons. The highest BCUT2D eigenvalue weighted by molar-refractivity contribution is 5.71. The Kier molecular flexibility index (Phi) is 9.35. The first-order valence-electron chi connectivity index (χ1n) is 15.9. The molecule has 4 aliphatic rings. The van der Waals surface area contributed by atoms with Crippen LogP contribution in [0, 0.1) is 46.3 Å². The molecule has 0 aliphatic heterocycles. The van der Waals surface area contributed by atoms with Crippen molar-refractivity contribution in [3.63, 3.8) is 0 Å². The number of unbranched alkanes of at least 4 members (excludes halogenated alkanes) is 3. The molecule has 3 nitrogen and oxygen atoms in total. The summed E-state index contributed by atoms with van der Waals surface area (Å²) in [6.07, 6.45) is 19.7. The third kappa shape index (κ3) is 5.78. The van der Waals surface area contributed by atoms with Gasteiger partial charge in [0.25, 0.3) is 0 Å². The lowest BCUT2D eigenvalue weighted by Gasteiger charge is -2.58. The van der Waals surface area contributed by atoms with Crippen LogP contribution < -0.4 is 0 Å². The van der Waals surface area contributed by atoms with Crippen molar-refractivity contribution in [1.82, 2.24) is 0 Å². The van der Waals surface area contributed by atoms with Gasteiger partial charge in [0.05, 0.1) is 6.10 Å². The number of carbonyl (C=O) groups excluding carboxylic acids is 1. The van der Waals surface area contributed by atoms with Crippen molar-refractivity contribution in [2.75, 3.05) is 0 Å². The molecule has 0 saturated heterocycles. The molecular weight excluding hydrogens is 456 g/mol. The molecule has 2 saturated carbocycles. The molecule has 0 aromatic heterocycles. The van der Waals surface area contributed by atoms with Gasteiger partial charge in [-0.2, -0.15) is 0 Å².